The first-order valence-electron chi connectivity index (χ1n) is 6.12. The Hall–Kier alpha value is -2.28. The molecule has 21 heavy (non-hydrogen) atoms. The predicted molar refractivity (Wildman–Crippen MR) is 78.4 cm³/mol. The number of carboxylic acids is 1. The number of hydrogen-bond donors (Lipinski definition) is 4. The van der Waals surface area contributed by atoms with E-state index in [4.69, 9.17) is 22.4 Å². The second-order valence-corrected chi connectivity index (χ2v) is 5.15. The number of urea groups is 1. The lowest BCUT2D eigenvalue weighted by atomic mass is 10.0. The van der Waals surface area contributed by atoms with Gasteiger partial charge in [0.1, 0.15) is 6.04 Å². The van der Waals surface area contributed by atoms with Gasteiger partial charge >= 0.3 is 12.0 Å². The fourth-order valence-corrected chi connectivity index (χ4v) is 1.88. The van der Waals surface area contributed by atoms with Crippen LogP contribution in [0, 0.1) is 5.92 Å². The number of primary amides is 1. The van der Waals surface area contributed by atoms with Crippen LogP contribution in [0.25, 0.3) is 0 Å². The van der Waals surface area contributed by atoms with Crippen LogP contribution < -0.4 is 16.4 Å². The van der Waals surface area contributed by atoms with E-state index in [0.29, 0.717) is 0 Å². The number of carbonyl (C=O) groups excluding carboxylic acids is 2. The number of carboxylic acid groups (broad SMARTS) is 1. The Morgan fingerprint density at radius 2 is 1.90 bits per heavy atom. The lowest BCUT2D eigenvalue weighted by Crippen LogP contribution is -2.49. The number of benzene rings is 1. The summed E-state index contributed by atoms with van der Waals surface area (Å²) in [5, 5.41) is 14.1. The highest BCUT2D eigenvalue weighted by atomic mass is 35.5. The Labute approximate surface area is 126 Å². The Morgan fingerprint density at radius 3 is 2.38 bits per heavy atom. The van der Waals surface area contributed by atoms with E-state index < -0.39 is 23.9 Å². The maximum atomic E-state index is 12.2. The second kappa shape index (κ2) is 6.94. The SMILES string of the molecule is CC(C)C(NC(N)=O)C(=O)Nc1cc(Cl)ccc1C(=O)O. The monoisotopic (exact) mass is 313 g/mol. The average molecular weight is 314 g/mol. The molecule has 8 heteroatoms. The number of nitrogens with two attached hydrogens (primary N) is 1. The minimum Gasteiger partial charge on any atom is -0.478 e. The van der Waals surface area contributed by atoms with Gasteiger partial charge in [0.15, 0.2) is 0 Å². The van der Waals surface area contributed by atoms with E-state index in [0.717, 1.165) is 0 Å². The molecule has 0 heterocycles. The number of halogens is 1. The quantitative estimate of drug-likeness (QED) is 0.660. The summed E-state index contributed by atoms with van der Waals surface area (Å²) in [7, 11) is 0. The van der Waals surface area contributed by atoms with Crippen molar-refractivity contribution in [1.82, 2.24) is 5.32 Å². The number of carbonyl (C=O) groups is 3. The zero-order valence-electron chi connectivity index (χ0n) is 11.5. The van der Waals surface area contributed by atoms with Gasteiger partial charge in [-0.15, -0.1) is 0 Å². The summed E-state index contributed by atoms with van der Waals surface area (Å²) >= 11 is 5.80. The first-order chi connectivity index (χ1) is 9.72. The highest BCUT2D eigenvalue weighted by Gasteiger charge is 2.24. The summed E-state index contributed by atoms with van der Waals surface area (Å²) in [6.45, 7) is 3.44. The third kappa shape index (κ3) is 4.64. The molecule has 0 aliphatic rings. The van der Waals surface area contributed by atoms with Gasteiger partial charge in [-0.05, 0) is 24.1 Å². The molecular weight excluding hydrogens is 298 g/mol. The lowest BCUT2D eigenvalue weighted by Gasteiger charge is -2.21. The molecule has 1 rings (SSSR count). The third-order valence-electron chi connectivity index (χ3n) is 2.72. The van der Waals surface area contributed by atoms with Gasteiger partial charge in [-0.2, -0.15) is 0 Å². The number of anilines is 1. The summed E-state index contributed by atoms with van der Waals surface area (Å²) < 4.78 is 0. The third-order valence-corrected chi connectivity index (χ3v) is 2.95. The van der Waals surface area contributed by atoms with Gasteiger partial charge < -0.3 is 21.5 Å². The van der Waals surface area contributed by atoms with E-state index in [-0.39, 0.29) is 22.2 Å². The van der Waals surface area contributed by atoms with Gasteiger partial charge in [-0.25, -0.2) is 9.59 Å². The van der Waals surface area contributed by atoms with Crippen LogP contribution in [0.2, 0.25) is 5.02 Å². The van der Waals surface area contributed by atoms with E-state index in [9.17, 15) is 14.4 Å². The second-order valence-electron chi connectivity index (χ2n) is 4.71. The van der Waals surface area contributed by atoms with Crippen molar-refractivity contribution in [1.29, 1.82) is 0 Å². The van der Waals surface area contributed by atoms with Crippen molar-refractivity contribution in [2.45, 2.75) is 19.9 Å². The number of hydrogen-bond acceptors (Lipinski definition) is 3. The molecule has 0 saturated carbocycles. The van der Waals surface area contributed by atoms with Gasteiger partial charge in [0, 0.05) is 5.02 Å². The first-order valence-corrected chi connectivity index (χ1v) is 6.50. The predicted octanol–water partition coefficient (Wildman–Crippen LogP) is 1.67. The molecule has 3 amide bonds. The molecule has 0 aliphatic carbocycles. The maximum Gasteiger partial charge on any atom is 0.337 e. The minimum atomic E-state index is -1.20. The Kier molecular flexibility index (Phi) is 5.54. The molecule has 0 fully saturated rings. The van der Waals surface area contributed by atoms with E-state index >= 15 is 0 Å². The molecule has 0 aromatic heterocycles. The summed E-state index contributed by atoms with van der Waals surface area (Å²) in [5.74, 6) is -2.01. The van der Waals surface area contributed by atoms with Crippen molar-refractivity contribution in [2.75, 3.05) is 5.32 Å². The fraction of sp³-hybridized carbons (Fsp3) is 0.308. The molecule has 7 nitrogen and oxygen atoms in total. The molecule has 1 aromatic rings. The normalized spacial score (nSPS) is 11.8. The zero-order valence-corrected chi connectivity index (χ0v) is 12.3. The van der Waals surface area contributed by atoms with Crippen molar-refractivity contribution < 1.29 is 19.5 Å². The molecule has 1 unspecified atom stereocenters. The summed E-state index contributed by atoms with van der Waals surface area (Å²) in [6.07, 6.45) is 0. The summed E-state index contributed by atoms with van der Waals surface area (Å²) in [4.78, 5) is 34.2. The van der Waals surface area contributed by atoms with Crippen molar-refractivity contribution >= 4 is 35.2 Å². The molecule has 0 saturated heterocycles. The maximum absolute atomic E-state index is 12.2. The van der Waals surface area contributed by atoms with Gasteiger partial charge in [-0.1, -0.05) is 25.4 Å². The Balaban J connectivity index is 3.03. The van der Waals surface area contributed by atoms with Crippen LogP contribution in [-0.2, 0) is 4.79 Å². The number of amides is 3. The molecule has 0 aliphatic heterocycles. The molecular formula is C13H16ClN3O4. The van der Waals surface area contributed by atoms with Crippen molar-refractivity contribution in [3.63, 3.8) is 0 Å². The first kappa shape index (κ1) is 16.8. The number of aromatic carboxylic acids is 1. The summed E-state index contributed by atoms with van der Waals surface area (Å²) in [6, 6.07) is 2.29. The average Bonchev–Trinajstić information content (AvgIpc) is 2.34. The smallest absolute Gasteiger partial charge is 0.337 e. The number of nitrogens with one attached hydrogen (secondary N) is 2. The van der Waals surface area contributed by atoms with Crippen molar-refractivity contribution in [3.05, 3.63) is 28.8 Å². The molecule has 114 valence electrons. The van der Waals surface area contributed by atoms with E-state index in [1.807, 2.05) is 0 Å². The van der Waals surface area contributed by atoms with E-state index in [2.05, 4.69) is 10.6 Å². The van der Waals surface area contributed by atoms with Gasteiger partial charge in [0.25, 0.3) is 0 Å². The van der Waals surface area contributed by atoms with Crippen LogP contribution >= 0.6 is 11.6 Å². The van der Waals surface area contributed by atoms with Crippen LogP contribution in [0.4, 0.5) is 10.5 Å². The lowest BCUT2D eigenvalue weighted by molar-refractivity contribution is -0.118. The molecule has 0 spiro atoms. The number of rotatable bonds is 5. The van der Waals surface area contributed by atoms with Gasteiger partial charge in [-0.3, -0.25) is 4.79 Å². The van der Waals surface area contributed by atoms with Crippen LogP contribution in [-0.4, -0.2) is 29.1 Å². The molecule has 1 aromatic carbocycles. The molecule has 5 N–H and O–H groups in total. The van der Waals surface area contributed by atoms with Gasteiger partial charge in [0.05, 0.1) is 11.3 Å². The summed E-state index contributed by atoms with van der Waals surface area (Å²) in [5.41, 5.74) is 4.97. The Morgan fingerprint density at radius 1 is 1.29 bits per heavy atom. The largest absolute Gasteiger partial charge is 0.478 e. The van der Waals surface area contributed by atoms with Crippen LogP contribution in [0.15, 0.2) is 18.2 Å². The Bertz CT molecular complexity index is 575. The van der Waals surface area contributed by atoms with Crippen LogP contribution in [0.3, 0.4) is 0 Å². The topological polar surface area (TPSA) is 122 Å². The molecule has 1 atom stereocenters. The van der Waals surface area contributed by atoms with Gasteiger partial charge in [0.2, 0.25) is 5.91 Å². The van der Waals surface area contributed by atoms with E-state index in [1.165, 1.54) is 18.2 Å². The van der Waals surface area contributed by atoms with Crippen LogP contribution in [0.5, 0.6) is 0 Å². The van der Waals surface area contributed by atoms with E-state index in [1.54, 1.807) is 13.8 Å². The highest BCUT2D eigenvalue weighted by molar-refractivity contribution is 6.31. The van der Waals surface area contributed by atoms with Crippen molar-refractivity contribution in [3.8, 4) is 0 Å². The minimum absolute atomic E-state index is 0.0527. The highest BCUT2D eigenvalue weighted by Crippen LogP contribution is 2.21. The zero-order chi connectivity index (χ0) is 16.2. The molecule has 0 radical (unpaired) electrons. The van der Waals surface area contributed by atoms with Crippen molar-refractivity contribution in [2.24, 2.45) is 11.7 Å². The standard InChI is InChI=1S/C13H16ClN3O4/c1-6(2)10(17-13(15)21)11(18)16-9-5-7(14)3-4-8(9)12(19)20/h3-6,10H,1-2H3,(H,16,18)(H,19,20)(H3,15,17,21). The fourth-order valence-electron chi connectivity index (χ4n) is 1.71. The molecule has 0 bridgehead atoms. The van der Waals surface area contributed by atoms with Crippen LogP contribution in [0.1, 0.15) is 24.2 Å².